The summed E-state index contributed by atoms with van der Waals surface area (Å²) in [4.78, 5) is 12.3. The highest BCUT2D eigenvalue weighted by Gasteiger charge is 2.27. The molecule has 0 bridgehead atoms. The second-order valence-corrected chi connectivity index (χ2v) is 6.02. The highest BCUT2D eigenvalue weighted by atomic mass is 79.9. The highest BCUT2D eigenvalue weighted by Crippen LogP contribution is 2.37. The number of carbonyl (C=O) groups excluding carboxylic acids is 1. The van der Waals surface area contributed by atoms with Crippen molar-refractivity contribution in [2.75, 3.05) is 5.73 Å². The molecule has 5 heteroatoms. The molecule has 0 radical (unpaired) electrons. The Bertz CT molecular complexity index is 629. The number of aromatic nitrogens is 1. The van der Waals surface area contributed by atoms with Crippen molar-refractivity contribution in [1.82, 2.24) is 9.88 Å². The zero-order valence-corrected chi connectivity index (χ0v) is 12.6. The van der Waals surface area contributed by atoms with Crippen molar-refractivity contribution in [3.63, 3.8) is 0 Å². The summed E-state index contributed by atoms with van der Waals surface area (Å²) in [5.41, 5.74) is 8.17. The van der Waals surface area contributed by atoms with E-state index in [0.29, 0.717) is 24.0 Å². The Balaban J connectivity index is 1.68. The molecule has 1 saturated carbocycles. The van der Waals surface area contributed by atoms with Crippen molar-refractivity contribution in [3.8, 4) is 0 Å². The average Bonchev–Trinajstić information content (AvgIpc) is 3.20. The topological polar surface area (TPSA) is 60.1 Å². The Labute approximate surface area is 126 Å². The van der Waals surface area contributed by atoms with Crippen LogP contribution in [0.1, 0.15) is 34.9 Å². The van der Waals surface area contributed by atoms with Gasteiger partial charge in [-0.1, -0.05) is 28.1 Å². The van der Waals surface area contributed by atoms with Crippen LogP contribution in [0.4, 0.5) is 5.69 Å². The largest absolute Gasteiger partial charge is 0.397 e. The number of rotatable bonds is 4. The van der Waals surface area contributed by atoms with Crippen LogP contribution in [0.5, 0.6) is 0 Å². The van der Waals surface area contributed by atoms with Gasteiger partial charge in [-0.15, -0.1) is 0 Å². The van der Waals surface area contributed by atoms with E-state index in [1.165, 1.54) is 0 Å². The fourth-order valence-electron chi connectivity index (χ4n) is 2.21. The number of benzene rings is 1. The number of amides is 1. The third kappa shape index (κ3) is 2.88. The minimum atomic E-state index is -0.0727. The molecule has 0 aliphatic heterocycles. The molecule has 0 unspecified atom stereocenters. The molecular weight excluding hydrogens is 318 g/mol. The molecule has 0 atom stereocenters. The van der Waals surface area contributed by atoms with Gasteiger partial charge >= 0.3 is 0 Å². The molecule has 0 saturated heterocycles. The third-order valence-corrected chi connectivity index (χ3v) is 3.94. The monoisotopic (exact) mass is 333 g/mol. The summed E-state index contributed by atoms with van der Waals surface area (Å²) in [6.45, 7) is 0.516. The van der Waals surface area contributed by atoms with Crippen LogP contribution < -0.4 is 11.1 Å². The number of carbonyl (C=O) groups is 1. The van der Waals surface area contributed by atoms with Crippen molar-refractivity contribution < 1.29 is 4.79 Å². The normalized spacial score (nSPS) is 14.2. The number of hydrogen-bond acceptors (Lipinski definition) is 2. The molecule has 1 fully saturated rings. The van der Waals surface area contributed by atoms with Gasteiger partial charge in [-0.2, -0.15) is 0 Å². The first-order valence-corrected chi connectivity index (χ1v) is 7.43. The third-order valence-electron chi connectivity index (χ3n) is 3.41. The van der Waals surface area contributed by atoms with Crippen LogP contribution in [0.15, 0.2) is 41.0 Å². The number of hydrogen-bond donors (Lipinski definition) is 2. The van der Waals surface area contributed by atoms with Crippen molar-refractivity contribution in [2.45, 2.75) is 25.4 Å². The molecule has 3 rings (SSSR count). The summed E-state index contributed by atoms with van der Waals surface area (Å²) < 4.78 is 3.02. The van der Waals surface area contributed by atoms with Crippen LogP contribution >= 0.6 is 15.9 Å². The van der Waals surface area contributed by atoms with Crippen molar-refractivity contribution in [1.29, 1.82) is 0 Å². The molecular formula is C15H16BrN3O. The van der Waals surface area contributed by atoms with E-state index in [1.54, 1.807) is 6.07 Å². The highest BCUT2D eigenvalue weighted by molar-refractivity contribution is 9.10. The van der Waals surface area contributed by atoms with E-state index in [1.807, 2.05) is 35.0 Å². The molecule has 3 N–H and O–H groups in total. The first-order valence-electron chi connectivity index (χ1n) is 6.63. The molecule has 20 heavy (non-hydrogen) atoms. The molecule has 1 aliphatic carbocycles. The molecule has 1 heterocycles. The quantitative estimate of drug-likeness (QED) is 0.903. The number of nitrogens with zero attached hydrogens (tertiary/aromatic N) is 1. The van der Waals surface area contributed by atoms with E-state index in [9.17, 15) is 4.79 Å². The Kier molecular flexibility index (Phi) is 3.53. The van der Waals surface area contributed by atoms with Gasteiger partial charge in [0.2, 0.25) is 0 Å². The predicted octanol–water partition coefficient (Wildman–Crippen LogP) is 3.10. The van der Waals surface area contributed by atoms with Crippen LogP contribution in [-0.2, 0) is 6.54 Å². The van der Waals surface area contributed by atoms with E-state index in [0.717, 1.165) is 22.9 Å². The van der Waals surface area contributed by atoms with Crippen LogP contribution in [-0.4, -0.2) is 10.5 Å². The standard InChI is InChI=1S/C15H16BrN3O/c16-11-3-1-10(2-4-11)8-18-15(20)14-7-12(17)9-19(14)13-5-6-13/h1-4,7,9,13H,5-6,8,17H2,(H,18,20). The Morgan fingerprint density at radius 3 is 2.70 bits per heavy atom. The Hall–Kier alpha value is -1.75. The molecule has 1 aromatic heterocycles. The molecule has 1 aromatic carbocycles. The molecule has 4 nitrogen and oxygen atoms in total. The van der Waals surface area contributed by atoms with E-state index in [-0.39, 0.29) is 5.91 Å². The minimum Gasteiger partial charge on any atom is -0.397 e. The average molecular weight is 334 g/mol. The summed E-state index contributed by atoms with van der Waals surface area (Å²) >= 11 is 3.39. The first kappa shape index (κ1) is 13.2. The van der Waals surface area contributed by atoms with Gasteiger partial charge in [0.05, 0.1) is 5.69 Å². The predicted molar refractivity (Wildman–Crippen MR) is 82.4 cm³/mol. The number of nitrogens with two attached hydrogens (primary N) is 1. The second-order valence-electron chi connectivity index (χ2n) is 5.11. The first-order chi connectivity index (χ1) is 9.63. The molecule has 2 aromatic rings. The van der Waals surface area contributed by atoms with Gasteiger partial charge in [-0.25, -0.2) is 0 Å². The lowest BCUT2D eigenvalue weighted by atomic mass is 10.2. The summed E-state index contributed by atoms with van der Waals surface area (Å²) in [7, 11) is 0. The van der Waals surface area contributed by atoms with Gasteiger partial charge in [0.25, 0.3) is 5.91 Å². The van der Waals surface area contributed by atoms with E-state index in [4.69, 9.17) is 5.73 Å². The maximum absolute atomic E-state index is 12.3. The smallest absolute Gasteiger partial charge is 0.268 e. The Morgan fingerprint density at radius 1 is 1.35 bits per heavy atom. The van der Waals surface area contributed by atoms with Gasteiger partial charge in [0.1, 0.15) is 5.69 Å². The lowest BCUT2D eigenvalue weighted by Gasteiger charge is -2.08. The Morgan fingerprint density at radius 2 is 2.05 bits per heavy atom. The minimum absolute atomic E-state index is 0.0727. The van der Waals surface area contributed by atoms with Gasteiger partial charge in [0.15, 0.2) is 0 Å². The maximum atomic E-state index is 12.3. The van der Waals surface area contributed by atoms with Crippen molar-refractivity contribution in [2.24, 2.45) is 0 Å². The lowest BCUT2D eigenvalue weighted by molar-refractivity contribution is 0.0941. The SMILES string of the molecule is Nc1cc(C(=O)NCc2ccc(Br)cc2)n(C2CC2)c1. The molecule has 104 valence electrons. The number of nitrogens with one attached hydrogen (secondary N) is 1. The summed E-state index contributed by atoms with van der Waals surface area (Å²) in [6, 6.07) is 10.1. The van der Waals surface area contributed by atoms with E-state index >= 15 is 0 Å². The van der Waals surface area contributed by atoms with Crippen LogP contribution in [0.25, 0.3) is 0 Å². The fraction of sp³-hybridized carbons (Fsp3) is 0.267. The van der Waals surface area contributed by atoms with Gasteiger partial charge < -0.3 is 15.6 Å². The van der Waals surface area contributed by atoms with Gasteiger partial charge in [-0.3, -0.25) is 4.79 Å². The zero-order chi connectivity index (χ0) is 14.1. The van der Waals surface area contributed by atoms with E-state index in [2.05, 4.69) is 21.2 Å². The number of halogens is 1. The van der Waals surface area contributed by atoms with Crippen molar-refractivity contribution in [3.05, 3.63) is 52.3 Å². The number of nitrogen functional groups attached to an aromatic ring is 1. The zero-order valence-electron chi connectivity index (χ0n) is 11.0. The van der Waals surface area contributed by atoms with Gasteiger partial charge in [-0.05, 0) is 36.6 Å². The summed E-state index contributed by atoms with van der Waals surface area (Å²) in [5, 5.41) is 2.94. The summed E-state index contributed by atoms with van der Waals surface area (Å²) in [6.07, 6.45) is 4.11. The van der Waals surface area contributed by atoms with Crippen molar-refractivity contribution >= 4 is 27.5 Å². The molecule has 1 aliphatic rings. The van der Waals surface area contributed by atoms with Crippen LogP contribution in [0.3, 0.4) is 0 Å². The summed E-state index contributed by atoms with van der Waals surface area (Å²) in [5.74, 6) is -0.0727. The lowest BCUT2D eigenvalue weighted by Crippen LogP contribution is -2.25. The van der Waals surface area contributed by atoms with Crippen LogP contribution in [0.2, 0.25) is 0 Å². The molecule has 0 spiro atoms. The van der Waals surface area contributed by atoms with E-state index < -0.39 is 0 Å². The second kappa shape index (κ2) is 5.32. The van der Waals surface area contributed by atoms with Gasteiger partial charge in [0, 0.05) is 23.3 Å². The van der Waals surface area contributed by atoms with Crippen LogP contribution in [0, 0.1) is 0 Å². The molecule has 1 amide bonds. The number of anilines is 1. The maximum Gasteiger partial charge on any atom is 0.268 e. The fourth-order valence-corrected chi connectivity index (χ4v) is 2.48.